The van der Waals surface area contributed by atoms with Gasteiger partial charge in [-0.1, -0.05) is 15.9 Å². The summed E-state index contributed by atoms with van der Waals surface area (Å²) in [7, 11) is 0. The van der Waals surface area contributed by atoms with Crippen LogP contribution in [0.15, 0.2) is 22.7 Å². The molecule has 0 unspecified atom stereocenters. The maximum absolute atomic E-state index is 9.22. The number of hydrogen-bond donors (Lipinski definition) is 3. The first-order valence-corrected chi connectivity index (χ1v) is 4.79. The third-order valence-electron chi connectivity index (χ3n) is 1.82. The van der Waals surface area contributed by atoms with Crippen LogP contribution >= 0.6 is 28.3 Å². The number of nitrogens with two attached hydrogens (primary N) is 1. The Labute approximate surface area is 97.5 Å². The van der Waals surface area contributed by atoms with E-state index in [2.05, 4.69) is 15.9 Å². The number of halogens is 2. The van der Waals surface area contributed by atoms with Gasteiger partial charge < -0.3 is 15.9 Å². The summed E-state index contributed by atoms with van der Waals surface area (Å²) < 4.78 is 0.853. The lowest BCUT2D eigenvalue weighted by Gasteiger charge is -2.12. The first kappa shape index (κ1) is 13.7. The molecule has 0 aliphatic rings. The molecule has 5 heteroatoms. The van der Waals surface area contributed by atoms with Gasteiger partial charge in [0, 0.05) is 17.1 Å². The van der Waals surface area contributed by atoms with Gasteiger partial charge in [-0.05, 0) is 30.2 Å². The number of phenolic OH excluding ortho intramolecular Hbond substituents is 1. The predicted octanol–water partition coefficient (Wildman–Crippen LogP) is 1.96. The molecule has 80 valence electrons. The van der Waals surface area contributed by atoms with Crippen molar-refractivity contribution in [2.45, 2.75) is 12.5 Å². The largest absolute Gasteiger partial charge is 0.508 e. The molecule has 1 atom stereocenters. The summed E-state index contributed by atoms with van der Waals surface area (Å²) in [6.07, 6.45) is 0.488. The number of benzene rings is 1. The monoisotopic (exact) mass is 281 g/mol. The zero-order valence-corrected chi connectivity index (χ0v) is 9.88. The van der Waals surface area contributed by atoms with E-state index in [9.17, 15) is 5.11 Å². The van der Waals surface area contributed by atoms with Crippen molar-refractivity contribution < 1.29 is 10.2 Å². The predicted molar refractivity (Wildman–Crippen MR) is 61.7 cm³/mol. The molecule has 0 aliphatic carbocycles. The van der Waals surface area contributed by atoms with Gasteiger partial charge in [-0.3, -0.25) is 0 Å². The van der Waals surface area contributed by atoms with Gasteiger partial charge >= 0.3 is 0 Å². The lowest BCUT2D eigenvalue weighted by molar-refractivity contribution is 0.276. The van der Waals surface area contributed by atoms with E-state index in [0.717, 1.165) is 10.0 Å². The Balaban J connectivity index is 0.00000169. The average molecular weight is 283 g/mol. The summed E-state index contributed by atoms with van der Waals surface area (Å²) >= 11 is 3.33. The van der Waals surface area contributed by atoms with Gasteiger partial charge in [0.05, 0.1) is 0 Å². The maximum atomic E-state index is 9.22. The molecule has 0 radical (unpaired) electrons. The Morgan fingerprint density at radius 3 is 2.64 bits per heavy atom. The number of aromatic hydroxyl groups is 1. The Bertz CT molecular complexity index is 296. The molecule has 0 saturated heterocycles. The van der Waals surface area contributed by atoms with E-state index >= 15 is 0 Å². The molecule has 1 rings (SSSR count). The smallest absolute Gasteiger partial charge is 0.115 e. The summed E-state index contributed by atoms with van der Waals surface area (Å²) in [4.78, 5) is 0. The molecule has 0 aromatic heterocycles. The molecule has 0 saturated carbocycles. The van der Waals surface area contributed by atoms with Crippen LogP contribution in [-0.2, 0) is 0 Å². The van der Waals surface area contributed by atoms with Crippen molar-refractivity contribution in [2.24, 2.45) is 5.73 Å². The third-order valence-corrected chi connectivity index (χ3v) is 2.54. The van der Waals surface area contributed by atoms with Crippen molar-refractivity contribution in [1.29, 1.82) is 0 Å². The van der Waals surface area contributed by atoms with E-state index in [1.165, 1.54) is 0 Å². The Morgan fingerprint density at radius 1 is 1.43 bits per heavy atom. The van der Waals surface area contributed by atoms with Crippen LogP contribution in [0, 0.1) is 0 Å². The van der Waals surface area contributed by atoms with Crippen LogP contribution < -0.4 is 5.73 Å². The second-order valence-corrected chi connectivity index (χ2v) is 3.68. The molecule has 0 fully saturated rings. The Kier molecular flexibility index (Phi) is 6.11. The van der Waals surface area contributed by atoms with E-state index in [1.54, 1.807) is 18.2 Å². The molecule has 14 heavy (non-hydrogen) atoms. The topological polar surface area (TPSA) is 66.5 Å². The van der Waals surface area contributed by atoms with Crippen molar-refractivity contribution in [3.05, 3.63) is 28.2 Å². The number of rotatable bonds is 3. The van der Waals surface area contributed by atoms with Crippen molar-refractivity contribution in [3.63, 3.8) is 0 Å². The maximum Gasteiger partial charge on any atom is 0.115 e. The van der Waals surface area contributed by atoms with Crippen molar-refractivity contribution >= 4 is 28.3 Å². The second kappa shape index (κ2) is 6.24. The number of hydrogen-bond acceptors (Lipinski definition) is 3. The SMILES string of the molecule is Cl.N[C@H](CCO)c1cc(O)ccc1Br. The zero-order chi connectivity index (χ0) is 9.84. The molecular formula is C9H13BrClNO2. The van der Waals surface area contributed by atoms with E-state index in [0.29, 0.717) is 6.42 Å². The van der Waals surface area contributed by atoms with Crippen LogP contribution in [-0.4, -0.2) is 16.8 Å². The minimum Gasteiger partial charge on any atom is -0.508 e. The lowest BCUT2D eigenvalue weighted by atomic mass is 10.1. The normalized spacial score (nSPS) is 11.9. The molecular weight excluding hydrogens is 269 g/mol. The quantitative estimate of drug-likeness (QED) is 0.794. The number of phenols is 1. The van der Waals surface area contributed by atoms with Crippen LogP contribution in [0.5, 0.6) is 5.75 Å². The zero-order valence-electron chi connectivity index (χ0n) is 7.48. The lowest BCUT2D eigenvalue weighted by Crippen LogP contribution is -2.12. The van der Waals surface area contributed by atoms with Crippen LogP contribution in [0.3, 0.4) is 0 Å². The molecule has 4 N–H and O–H groups in total. The molecule has 0 heterocycles. The second-order valence-electron chi connectivity index (χ2n) is 2.82. The highest BCUT2D eigenvalue weighted by Gasteiger charge is 2.09. The summed E-state index contributed by atoms with van der Waals surface area (Å²) in [6.45, 7) is 0.0449. The van der Waals surface area contributed by atoms with Gasteiger partial charge in [0.25, 0.3) is 0 Å². The van der Waals surface area contributed by atoms with Crippen LogP contribution in [0.2, 0.25) is 0 Å². The van der Waals surface area contributed by atoms with Crippen molar-refractivity contribution in [1.82, 2.24) is 0 Å². The average Bonchev–Trinajstić information content (AvgIpc) is 2.09. The van der Waals surface area contributed by atoms with Gasteiger partial charge in [-0.2, -0.15) is 0 Å². The fraction of sp³-hybridized carbons (Fsp3) is 0.333. The molecule has 1 aromatic rings. The summed E-state index contributed by atoms with van der Waals surface area (Å²) in [5, 5.41) is 17.9. The standard InChI is InChI=1S/C9H12BrNO2.ClH/c10-8-2-1-6(13)5-7(8)9(11)3-4-12;/h1-2,5,9,12-13H,3-4,11H2;1H/t9-;/m1./s1. The van der Waals surface area contributed by atoms with Gasteiger partial charge in [-0.15, -0.1) is 12.4 Å². The highest BCUT2D eigenvalue weighted by atomic mass is 79.9. The van der Waals surface area contributed by atoms with Crippen LogP contribution in [0.25, 0.3) is 0 Å². The van der Waals surface area contributed by atoms with E-state index in [-0.39, 0.29) is 30.8 Å². The summed E-state index contributed by atoms with van der Waals surface area (Å²) in [5.74, 6) is 0.187. The summed E-state index contributed by atoms with van der Waals surface area (Å²) in [5.41, 5.74) is 6.59. The Morgan fingerprint density at radius 2 is 2.07 bits per heavy atom. The van der Waals surface area contributed by atoms with E-state index < -0.39 is 0 Å². The van der Waals surface area contributed by atoms with Gasteiger partial charge in [0.1, 0.15) is 5.75 Å². The number of aliphatic hydroxyl groups is 1. The highest BCUT2D eigenvalue weighted by Crippen LogP contribution is 2.27. The highest BCUT2D eigenvalue weighted by molar-refractivity contribution is 9.10. The molecule has 1 aromatic carbocycles. The molecule has 0 bridgehead atoms. The van der Waals surface area contributed by atoms with Gasteiger partial charge in [0.15, 0.2) is 0 Å². The molecule has 0 amide bonds. The fourth-order valence-corrected chi connectivity index (χ4v) is 1.65. The molecule has 0 spiro atoms. The van der Waals surface area contributed by atoms with Crippen LogP contribution in [0.1, 0.15) is 18.0 Å². The molecule has 0 aliphatic heterocycles. The van der Waals surface area contributed by atoms with Crippen molar-refractivity contribution in [3.8, 4) is 5.75 Å². The minimum atomic E-state index is -0.244. The van der Waals surface area contributed by atoms with E-state index in [1.807, 2.05) is 0 Å². The summed E-state index contributed by atoms with van der Waals surface area (Å²) in [6, 6.07) is 4.68. The Hall–Kier alpha value is -0.290. The van der Waals surface area contributed by atoms with E-state index in [4.69, 9.17) is 10.8 Å². The number of aliphatic hydroxyl groups excluding tert-OH is 1. The first-order chi connectivity index (χ1) is 6.15. The van der Waals surface area contributed by atoms with Gasteiger partial charge in [-0.25, -0.2) is 0 Å². The first-order valence-electron chi connectivity index (χ1n) is 4.00. The fourth-order valence-electron chi connectivity index (χ4n) is 1.11. The van der Waals surface area contributed by atoms with Crippen molar-refractivity contribution in [2.75, 3.05) is 6.61 Å². The molecule has 3 nitrogen and oxygen atoms in total. The minimum absolute atomic E-state index is 0. The third kappa shape index (κ3) is 3.46. The van der Waals surface area contributed by atoms with Gasteiger partial charge in [0.2, 0.25) is 0 Å². The van der Waals surface area contributed by atoms with Crippen LogP contribution in [0.4, 0.5) is 0 Å².